The Bertz CT molecular complexity index is 1340. The highest BCUT2D eigenvalue weighted by Gasteiger charge is 2.17. The third-order valence-electron chi connectivity index (χ3n) is 5.09. The minimum Gasteiger partial charge on any atom is -0.257 e. The molecular formula is C30H24N2O2S. The second kappa shape index (κ2) is 11.7. The van der Waals surface area contributed by atoms with Gasteiger partial charge in [0.1, 0.15) is 0 Å². The molecule has 35 heavy (non-hydrogen) atoms. The molecule has 0 N–H and O–H groups in total. The lowest BCUT2D eigenvalue weighted by Gasteiger charge is -2.05. The van der Waals surface area contributed by atoms with Crippen LogP contribution in [0.15, 0.2) is 141 Å². The molecule has 0 fully saturated rings. The molecule has 4 rings (SSSR count). The Morgan fingerprint density at radius 1 is 0.486 bits per heavy atom. The third-order valence-corrected chi connectivity index (χ3v) is 6.88. The monoisotopic (exact) mass is 476 g/mol. The van der Waals surface area contributed by atoms with Crippen LogP contribution in [0.2, 0.25) is 0 Å². The molecule has 0 heterocycles. The highest BCUT2D eigenvalue weighted by molar-refractivity contribution is 7.91. The predicted molar refractivity (Wildman–Crippen MR) is 146 cm³/mol. The second-order valence-corrected chi connectivity index (χ2v) is 9.54. The first-order valence-electron chi connectivity index (χ1n) is 11.1. The van der Waals surface area contributed by atoms with E-state index >= 15 is 0 Å². The molecule has 0 aliphatic heterocycles. The van der Waals surface area contributed by atoms with Crippen LogP contribution in [0.1, 0.15) is 11.1 Å². The van der Waals surface area contributed by atoms with E-state index in [1.807, 2.05) is 85.0 Å². The normalized spacial score (nSPS) is 12.3. The van der Waals surface area contributed by atoms with Crippen molar-refractivity contribution in [2.24, 2.45) is 9.98 Å². The molecule has 4 nitrogen and oxygen atoms in total. The fourth-order valence-electron chi connectivity index (χ4n) is 3.25. The highest BCUT2D eigenvalue weighted by atomic mass is 32.2. The lowest BCUT2D eigenvalue weighted by Crippen LogP contribution is -2.01. The molecule has 0 saturated carbocycles. The van der Waals surface area contributed by atoms with E-state index in [0.29, 0.717) is 11.4 Å². The van der Waals surface area contributed by atoms with Crippen LogP contribution in [0.5, 0.6) is 0 Å². The number of aliphatic imine (C=N–C) groups is 2. The summed E-state index contributed by atoms with van der Waals surface area (Å²) >= 11 is 0. The van der Waals surface area contributed by atoms with Crippen molar-refractivity contribution in [2.75, 3.05) is 0 Å². The van der Waals surface area contributed by atoms with Crippen molar-refractivity contribution in [2.45, 2.75) is 9.79 Å². The Morgan fingerprint density at radius 2 is 0.857 bits per heavy atom. The van der Waals surface area contributed by atoms with Crippen LogP contribution in [0.3, 0.4) is 0 Å². The van der Waals surface area contributed by atoms with E-state index in [1.165, 1.54) is 0 Å². The smallest absolute Gasteiger partial charge is 0.206 e. The first-order chi connectivity index (χ1) is 17.1. The van der Waals surface area contributed by atoms with Gasteiger partial charge in [0.05, 0.1) is 21.2 Å². The molecule has 0 aromatic heterocycles. The summed E-state index contributed by atoms with van der Waals surface area (Å²) < 4.78 is 26.0. The number of hydrogen-bond donors (Lipinski definition) is 0. The molecule has 0 saturated heterocycles. The quantitative estimate of drug-likeness (QED) is 0.250. The van der Waals surface area contributed by atoms with Gasteiger partial charge in [0.25, 0.3) is 0 Å². The number of benzene rings is 4. The van der Waals surface area contributed by atoms with E-state index in [4.69, 9.17) is 0 Å². The van der Waals surface area contributed by atoms with E-state index in [-0.39, 0.29) is 9.79 Å². The van der Waals surface area contributed by atoms with Crippen LogP contribution in [0, 0.1) is 0 Å². The lowest BCUT2D eigenvalue weighted by atomic mass is 10.2. The van der Waals surface area contributed by atoms with Gasteiger partial charge in [-0.25, -0.2) is 8.42 Å². The molecule has 172 valence electrons. The SMILES string of the molecule is O=S(=O)(c1ccc(N=C/C=C/c2ccccc2)cc1)c1ccc(N=C/C=C/c2ccccc2)cc1. The van der Waals surface area contributed by atoms with Gasteiger partial charge in [-0.1, -0.05) is 72.8 Å². The fourth-order valence-corrected chi connectivity index (χ4v) is 4.51. The first-order valence-corrected chi connectivity index (χ1v) is 12.6. The molecule has 4 aromatic rings. The van der Waals surface area contributed by atoms with Gasteiger partial charge in [-0.05, 0) is 71.8 Å². The van der Waals surface area contributed by atoms with Gasteiger partial charge < -0.3 is 0 Å². The van der Waals surface area contributed by atoms with E-state index < -0.39 is 9.84 Å². The molecule has 5 heteroatoms. The van der Waals surface area contributed by atoms with Crippen LogP contribution in [-0.2, 0) is 9.84 Å². The third kappa shape index (κ3) is 6.82. The summed E-state index contributed by atoms with van der Waals surface area (Å²) in [6.45, 7) is 0. The number of rotatable bonds is 8. The van der Waals surface area contributed by atoms with Crippen molar-refractivity contribution in [1.29, 1.82) is 0 Å². The minimum atomic E-state index is -3.63. The zero-order valence-electron chi connectivity index (χ0n) is 19.0. The van der Waals surface area contributed by atoms with Gasteiger partial charge >= 0.3 is 0 Å². The van der Waals surface area contributed by atoms with Gasteiger partial charge in [-0.15, -0.1) is 0 Å². The van der Waals surface area contributed by atoms with E-state index in [0.717, 1.165) is 11.1 Å². The summed E-state index contributed by atoms with van der Waals surface area (Å²) in [4.78, 5) is 9.15. The van der Waals surface area contributed by atoms with E-state index in [2.05, 4.69) is 9.98 Å². The summed E-state index contributed by atoms with van der Waals surface area (Å²) in [5, 5.41) is 0. The summed E-state index contributed by atoms with van der Waals surface area (Å²) in [5.74, 6) is 0. The van der Waals surface area contributed by atoms with Gasteiger partial charge in [0.2, 0.25) is 9.84 Å². The topological polar surface area (TPSA) is 58.9 Å². The van der Waals surface area contributed by atoms with Crippen molar-refractivity contribution in [3.05, 3.63) is 132 Å². The summed E-state index contributed by atoms with van der Waals surface area (Å²) in [6.07, 6.45) is 11.0. The maximum absolute atomic E-state index is 13.0. The molecule has 0 aliphatic rings. The summed E-state index contributed by atoms with van der Waals surface area (Å²) in [6, 6.07) is 32.9. The molecule has 0 bridgehead atoms. The first kappa shape index (κ1) is 23.8. The Hall–Kier alpha value is -4.35. The summed E-state index contributed by atoms with van der Waals surface area (Å²) in [7, 11) is -3.63. The zero-order chi connectivity index (χ0) is 24.3. The molecular weight excluding hydrogens is 452 g/mol. The van der Waals surface area contributed by atoms with Crippen LogP contribution >= 0.6 is 0 Å². The van der Waals surface area contributed by atoms with Crippen molar-refractivity contribution >= 4 is 45.8 Å². The standard InChI is InChI=1S/C30H24N2O2S/c33-35(34,29-19-15-27(16-20-29)31-23-7-13-25-9-3-1-4-10-25)30-21-17-28(18-22-30)32-24-8-14-26-11-5-2-6-12-26/h1-24H/b13-7+,14-8+,31-23?,32-24?. The average molecular weight is 477 g/mol. The van der Waals surface area contributed by atoms with Gasteiger partial charge in [0.15, 0.2) is 0 Å². The number of nitrogens with zero attached hydrogens (tertiary/aromatic N) is 2. The van der Waals surface area contributed by atoms with E-state index in [1.54, 1.807) is 61.0 Å². The van der Waals surface area contributed by atoms with E-state index in [9.17, 15) is 8.42 Å². The largest absolute Gasteiger partial charge is 0.257 e. The van der Waals surface area contributed by atoms with Crippen molar-refractivity contribution in [1.82, 2.24) is 0 Å². The average Bonchev–Trinajstić information content (AvgIpc) is 2.91. The Kier molecular flexibility index (Phi) is 7.94. The second-order valence-electron chi connectivity index (χ2n) is 7.59. The van der Waals surface area contributed by atoms with Crippen molar-refractivity contribution in [3.63, 3.8) is 0 Å². The molecule has 0 amide bonds. The zero-order valence-corrected chi connectivity index (χ0v) is 19.8. The maximum Gasteiger partial charge on any atom is 0.206 e. The van der Waals surface area contributed by atoms with Crippen LogP contribution < -0.4 is 0 Å². The summed E-state index contributed by atoms with van der Waals surface area (Å²) in [5.41, 5.74) is 3.52. The van der Waals surface area contributed by atoms with Crippen LogP contribution in [0.4, 0.5) is 11.4 Å². The Labute approximate surface area is 206 Å². The Balaban J connectivity index is 1.38. The number of hydrogen-bond acceptors (Lipinski definition) is 4. The molecule has 0 spiro atoms. The molecule has 0 aliphatic carbocycles. The maximum atomic E-state index is 13.0. The Morgan fingerprint density at radius 3 is 1.23 bits per heavy atom. The lowest BCUT2D eigenvalue weighted by molar-refractivity contribution is 0.596. The highest BCUT2D eigenvalue weighted by Crippen LogP contribution is 2.25. The minimum absolute atomic E-state index is 0.221. The fraction of sp³-hybridized carbons (Fsp3) is 0. The molecule has 0 atom stereocenters. The van der Waals surface area contributed by atoms with Gasteiger partial charge in [0, 0.05) is 12.4 Å². The van der Waals surface area contributed by atoms with Gasteiger partial charge in [-0.3, -0.25) is 9.98 Å². The number of allylic oxidation sites excluding steroid dienone is 2. The van der Waals surface area contributed by atoms with Crippen molar-refractivity contribution in [3.8, 4) is 0 Å². The molecule has 4 aromatic carbocycles. The van der Waals surface area contributed by atoms with Crippen LogP contribution in [0.25, 0.3) is 12.2 Å². The van der Waals surface area contributed by atoms with Gasteiger partial charge in [-0.2, -0.15) is 0 Å². The predicted octanol–water partition coefficient (Wildman–Crippen LogP) is 7.35. The van der Waals surface area contributed by atoms with Crippen LogP contribution in [-0.4, -0.2) is 20.8 Å². The molecule has 0 radical (unpaired) electrons. The molecule has 0 unspecified atom stereocenters. The number of sulfone groups is 1. The van der Waals surface area contributed by atoms with Crippen molar-refractivity contribution < 1.29 is 8.42 Å².